The van der Waals surface area contributed by atoms with E-state index in [0.29, 0.717) is 4.47 Å². The quantitative estimate of drug-likeness (QED) is 0.567. The maximum Gasteiger partial charge on any atom is 0.137 e. The highest BCUT2D eigenvalue weighted by atomic mass is 79.9. The fourth-order valence-electron chi connectivity index (χ4n) is 0.706. The molecule has 1 aromatic carbocycles. The average molecular weight is 232 g/mol. The summed E-state index contributed by atoms with van der Waals surface area (Å²) in [6, 6.07) is 4.60. The first-order chi connectivity index (χ1) is 5.74. The van der Waals surface area contributed by atoms with Gasteiger partial charge in [-0.25, -0.2) is 4.39 Å². The van der Waals surface area contributed by atoms with Gasteiger partial charge in [0.2, 0.25) is 0 Å². The van der Waals surface area contributed by atoms with Crippen LogP contribution in [0.4, 0.5) is 4.39 Å². The van der Waals surface area contributed by atoms with Crippen LogP contribution >= 0.6 is 15.9 Å². The van der Waals surface area contributed by atoms with Gasteiger partial charge in [-0.05, 0) is 33.6 Å². The van der Waals surface area contributed by atoms with Gasteiger partial charge in [0.25, 0.3) is 0 Å². The van der Waals surface area contributed by atoms with Crippen LogP contribution in [0.1, 0.15) is 5.56 Å². The minimum Gasteiger partial charge on any atom is -0.399 e. The molecule has 0 heterocycles. The Balaban J connectivity index is 2.89. The van der Waals surface area contributed by atoms with E-state index < -0.39 is 0 Å². The number of nitrogens with zero attached hydrogens (tertiary/aromatic N) is 1. The van der Waals surface area contributed by atoms with Crippen LogP contribution in [0.5, 0.6) is 0 Å². The fraction of sp³-hybridized carbons (Fsp3) is 0.125. The molecule has 0 bridgehead atoms. The summed E-state index contributed by atoms with van der Waals surface area (Å²) in [5.74, 6) is -0.287. The number of benzene rings is 1. The molecule has 0 aliphatic carbocycles. The second-order valence-electron chi connectivity index (χ2n) is 2.09. The Morgan fingerprint density at radius 2 is 2.33 bits per heavy atom. The van der Waals surface area contributed by atoms with Gasteiger partial charge in [0.1, 0.15) is 12.9 Å². The van der Waals surface area contributed by atoms with Crippen molar-refractivity contribution >= 4 is 22.1 Å². The van der Waals surface area contributed by atoms with Crippen LogP contribution in [-0.2, 0) is 4.84 Å². The first kappa shape index (κ1) is 9.19. The smallest absolute Gasteiger partial charge is 0.137 e. The SMILES string of the molecule is CO/N=C/c1ccc(F)c(Br)c1. The molecule has 2 nitrogen and oxygen atoms in total. The summed E-state index contributed by atoms with van der Waals surface area (Å²) >= 11 is 3.06. The molecule has 0 aromatic heterocycles. The average Bonchev–Trinajstić information content (AvgIpc) is 2.07. The molecule has 0 unspecified atom stereocenters. The molecule has 0 amide bonds. The first-order valence-corrected chi connectivity index (χ1v) is 4.05. The molecule has 0 aliphatic heterocycles. The van der Waals surface area contributed by atoms with Gasteiger partial charge >= 0.3 is 0 Å². The molecule has 0 aliphatic rings. The molecule has 0 atom stereocenters. The highest BCUT2D eigenvalue weighted by Gasteiger charge is 1.97. The minimum absolute atomic E-state index is 0.287. The lowest BCUT2D eigenvalue weighted by Gasteiger charge is -1.95. The third-order valence-corrected chi connectivity index (χ3v) is 1.86. The van der Waals surface area contributed by atoms with E-state index in [1.165, 1.54) is 19.4 Å². The highest BCUT2D eigenvalue weighted by molar-refractivity contribution is 9.10. The van der Waals surface area contributed by atoms with Crippen molar-refractivity contribution in [2.24, 2.45) is 5.16 Å². The Morgan fingerprint density at radius 1 is 1.58 bits per heavy atom. The van der Waals surface area contributed by atoms with Crippen LogP contribution in [0.2, 0.25) is 0 Å². The third kappa shape index (κ3) is 2.30. The molecule has 0 saturated heterocycles. The molecule has 0 saturated carbocycles. The van der Waals surface area contributed by atoms with Crippen LogP contribution < -0.4 is 0 Å². The van der Waals surface area contributed by atoms with E-state index in [4.69, 9.17) is 0 Å². The first-order valence-electron chi connectivity index (χ1n) is 3.25. The largest absolute Gasteiger partial charge is 0.399 e. The van der Waals surface area contributed by atoms with Crippen LogP contribution in [0.15, 0.2) is 27.8 Å². The number of halogens is 2. The molecule has 64 valence electrons. The Kier molecular flexibility index (Phi) is 3.22. The maximum absolute atomic E-state index is 12.7. The van der Waals surface area contributed by atoms with E-state index in [2.05, 4.69) is 25.9 Å². The second-order valence-corrected chi connectivity index (χ2v) is 2.94. The minimum atomic E-state index is -0.287. The zero-order chi connectivity index (χ0) is 8.97. The van der Waals surface area contributed by atoms with E-state index >= 15 is 0 Å². The summed E-state index contributed by atoms with van der Waals surface area (Å²) in [5, 5.41) is 3.54. The van der Waals surface area contributed by atoms with E-state index in [1.807, 2.05) is 0 Å². The van der Waals surface area contributed by atoms with Gasteiger partial charge in [-0.3, -0.25) is 0 Å². The second kappa shape index (κ2) is 4.21. The zero-order valence-electron chi connectivity index (χ0n) is 6.42. The summed E-state index contributed by atoms with van der Waals surface area (Å²) in [6.07, 6.45) is 1.50. The maximum atomic E-state index is 12.7. The summed E-state index contributed by atoms with van der Waals surface area (Å²) in [4.78, 5) is 4.48. The molecule has 1 rings (SSSR count). The predicted molar refractivity (Wildman–Crippen MR) is 48.7 cm³/mol. The van der Waals surface area contributed by atoms with Crippen LogP contribution in [0.25, 0.3) is 0 Å². The van der Waals surface area contributed by atoms with E-state index in [1.54, 1.807) is 12.1 Å². The monoisotopic (exact) mass is 231 g/mol. The molecule has 0 spiro atoms. The van der Waals surface area contributed by atoms with Gasteiger partial charge in [-0.15, -0.1) is 0 Å². The lowest BCUT2D eigenvalue weighted by atomic mass is 10.2. The number of rotatable bonds is 2. The van der Waals surface area contributed by atoms with Crippen LogP contribution in [0.3, 0.4) is 0 Å². The Hall–Kier alpha value is -0.900. The predicted octanol–water partition coefficient (Wildman–Crippen LogP) is 2.57. The van der Waals surface area contributed by atoms with Gasteiger partial charge in [-0.2, -0.15) is 0 Å². The molecule has 1 aromatic rings. The third-order valence-electron chi connectivity index (χ3n) is 1.25. The normalized spacial score (nSPS) is 10.6. The Bertz CT molecular complexity index is 301. The lowest BCUT2D eigenvalue weighted by molar-refractivity contribution is 0.215. The zero-order valence-corrected chi connectivity index (χ0v) is 8.01. The number of hydrogen-bond acceptors (Lipinski definition) is 2. The van der Waals surface area contributed by atoms with Crippen LogP contribution in [0, 0.1) is 5.82 Å². The van der Waals surface area contributed by atoms with E-state index in [0.717, 1.165) is 5.56 Å². The van der Waals surface area contributed by atoms with Crippen molar-refractivity contribution in [3.05, 3.63) is 34.1 Å². The lowest BCUT2D eigenvalue weighted by Crippen LogP contribution is -1.84. The van der Waals surface area contributed by atoms with Gasteiger partial charge in [0.15, 0.2) is 0 Å². The van der Waals surface area contributed by atoms with Gasteiger partial charge < -0.3 is 4.84 Å². The summed E-state index contributed by atoms with van der Waals surface area (Å²) in [6.45, 7) is 0. The summed E-state index contributed by atoms with van der Waals surface area (Å²) < 4.78 is 13.1. The Morgan fingerprint density at radius 3 is 2.92 bits per heavy atom. The summed E-state index contributed by atoms with van der Waals surface area (Å²) in [5.41, 5.74) is 0.783. The standard InChI is InChI=1S/C8H7BrFNO/c1-12-11-5-6-2-3-8(10)7(9)4-6/h2-5H,1H3/b11-5+. The van der Waals surface area contributed by atoms with Crippen molar-refractivity contribution in [3.63, 3.8) is 0 Å². The van der Waals surface area contributed by atoms with Crippen molar-refractivity contribution in [2.75, 3.05) is 7.11 Å². The number of hydrogen-bond donors (Lipinski definition) is 0. The van der Waals surface area contributed by atoms with Gasteiger partial charge in [0, 0.05) is 0 Å². The fourth-order valence-corrected chi connectivity index (χ4v) is 1.10. The van der Waals surface area contributed by atoms with E-state index in [9.17, 15) is 4.39 Å². The van der Waals surface area contributed by atoms with Crippen LogP contribution in [-0.4, -0.2) is 13.3 Å². The van der Waals surface area contributed by atoms with Crippen molar-refractivity contribution in [1.29, 1.82) is 0 Å². The van der Waals surface area contributed by atoms with Crippen molar-refractivity contribution in [3.8, 4) is 0 Å². The molecule has 0 fully saturated rings. The Labute approximate surface area is 78.2 Å². The van der Waals surface area contributed by atoms with Crippen molar-refractivity contribution in [1.82, 2.24) is 0 Å². The molecule has 0 radical (unpaired) electrons. The van der Waals surface area contributed by atoms with Crippen molar-refractivity contribution in [2.45, 2.75) is 0 Å². The molecular formula is C8H7BrFNO. The van der Waals surface area contributed by atoms with Crippen molar-refractivity contribution < 1.29 is 9.23 Å². The van der Waals surface area contributed by atoms with E-state index in [-0.39, 0.29) is 5.82 Å². The molecule has 4 heteroatoms. The topological polar surface area (TPSA) is 21.6 Å². The molecular weight excluding hydrogens is 225 g/mol. The highest BCUT2D eigenvalue weighted by Crippen LogP contribution is 2.15. The number of oxime groups is 1. The molecule has 12 heavy (non-hydrogen) atoms. The molecule has 0 N–H and O–H groups in total. The summed E-state index contributed by atoms with van der Waals surface area (Å²) in [7, 11) is 1.45. The van der Waals surface area contributed by atoms with Gasteiger partial charge in [0.05, 0.1) is 10.7 Å². The van der Waals surface area contributed by atoms with Gasteiger partial charge in [-0.1, -0.05) is 11.2 Å².